The maximum Gasteiger partial charge on any atom is 0.294 e. The second-order valence-corrected chi connectivity index (χ2v) is 8.12. The zero-order valence-electron chi connectivity index (χ0n) is 15.0. The van der Waals surface area contributed by atoms with Gasteiger partial charge in [-0.05, 0) is 38.1 Å². The van der Waals surface area contributed by atoms with Crippen molar-refractivity contribution >= 4 is 20.2 Å². The fourth-order valence-corrected chi connectivity index (χ4v) is 2.46. The molecule has 2 rings (SSSR count). The molecule has 0 aromatic heterocycles. The Labute approximate surface area is 160 Å². The molecule has 0 radical (unpaired) electrons. The molecule has 10 heteroatoms. The van der Waals surface area contributed by atoms with Crippen LogP contribution in [0, 0.1) is 13.8 Å². The van der Waals surface area contributed by atoms with Crippen LogP contribution in [0.15, 0.2) is 71.0 Å². The first-order valence-electron chi connectivity index (χ1n) is 7.54. The number of benzene rings is 2. The lowest BCUT2D eigenvalue weighted by Gasteiger charge is -1.95. The smallest absolute Gasteiger partial charge is 0.282 e. The molecule has 0 fully saturated rings. The Morgan fingerprint density at radius 2 is 1.15 bits per heavy atom. The first-order chi connectivity index (χ1) is 12.4. The number of hydrogen-bond acceptors (Lipinski definition) is 6. The van der Waals surface area contributed by atoms with Crippen molar-refractivity contribution in [1.29, 1.82) is 0 Å². The van der Waals surface area contributed by atoms with Crippen LogP contribution < -0.4 is 11.3 Å². The van der Waals surface area contributed by atoms with E-state index in [4.69, 9.17) is 14.9 Å². The zero-order valence-corrected chi connectivity index (χ0v) is 16.7. The van der Waals surface area contributed by atoms with Gasteiger partial charge in [-0.3, -0.25) is 20.4 Å². The van der Waals surface area contributed by atoms with Gasteiger partial charge in [0.25, 0.3) is 20.2 Å². The van der Waals surface area contributed by atoms with Gasteiger partial charge in [-0.1, -0.05) is 41.5 Å². The Balaban J connectivity index is 0.000000405. The van der Waals surface area contributed by atoms with E-state index in [2.05, 4.69) is 12.0 Å². The lowest BCUT2D eigenvalue weighted by molar-refractivity contribution is 0.481. The number of nitrogens with two attached hydrogens (primary N) is 1. The Hall–Kier alpha value is -2.08. The van der Waals surface area contributed by atoms with E-state index in [1.165, 1.54) is 24.3 Å². The predicted octanol–water partition coefficient (Wildman–Crippen LogP) is 2.12. The Kier molecular flexibility index (Phi) is 10.7. The van der Waals surface area contributed by atoms with Crippen molar-refractivity contribution in [2.24, 2.45) is 5.84 Å². The largest absolute Gasteiger partial charge is 0.294 e. The average molecular weight is 417 g/mol. The number of hydrogen-bond donors (Lipinski definition) is 4. The standard InChI is InChI=1S/2C7H8O3S.C3H8N2/c2*1-6-2-4-7(5-3-6)11(8,9)10;1-2-3-5-4/h2*2-5H,1H3,(H,8,9,10);2,5H,1,3-4H2. The minimum absolute atomic E-state index is 0.0666. The molecule has 27 heavy (non-hydrogen) atoms. The molecule has 0 amide bonds. The molecule has 0 atom stereocenters. The Morgan fingerprint density at radius 3 is 1.30 bits per heavy atom. The van der Waals surface area contributed by atoms with E-state index in [1.54, 1.807) is 30.3 Å². The van der Waals surface area contributed by atoms with E-state index in [1.807, 2.05) is 13.8 Å². The fourth-order valence-electron chi connectivity index (χ4n) is 1.50. The van der Waals surface area contributed by atoms with Crippen LogP contribution in [0.4, 0.5) is 0 Å². The molecule has 0 unspecified atom stereocenters. The van der Waals surface area contributed by atoms with Crippen LogP contribution in [0.5, 0.6) is 0 Å². The maximum atomic E-state index is 10.5. The third-order valence-electron chi connectivity index (χ3n) is 2.90. The summed E-state index contributed by atoms with van der Waals surface area (Å²) >= 11 is 0. The van der Waals surface area contributed by atoms with Crippen molar-refractivity contribution in [3.8, 4) is 0 Å². The van der Waals surface area contributed by atoms with Gasteiger partial charge in [0.15, 0.2) is 0 Å². The molecule has 8 nitrogen and oxygen atoms in total. The summed E-state index contributed by atoms with van der Waals surface area (Å²) in [4.78, 5) is -0.133. The summed E-state index contributed by atoms with van der Waals surface area (Å²) in [6.07, 6.45) is 1.69. The fraction of sp³-hybridized carbons (Fsp3) is 0.176. The van der Waals surface area contributed by atoms with Gasteiger partial charge in [0.05, 0.1) is 9.79 Å². The molecule has 0 aliphatic heterocycles. The Morgan fingerprint density at radius 1 is 0.852 bits per heavy atom. The van der Waals surface area contributed by atoms with Crippen molar-refractivity contribution in [2.75, 3.05) is 6.54 Å². The molecule has 0 bridgehead atoms. The highest BCUT2D eigenvalue weighted by atomic mass is 32.2. The van der Waals surface area contributed by atoms with Gasteiger partial charge >= 0.3 is 0 Å². The summed E-state index contributed by atoms with van der Waals surface area (Å²) in [7, 11) is -8.04. The summed E-state index contributed by atoms with van der Waals surface area (Å²) < 4.78 is 59.1. The van der Waals surface area contributed by atoms with Crippen LogP contribution in [0.3, 0.4) is 0 Å². The van der Waals surface area contributed by atoms with Gasteiger partial charge in [0.2, 0.25) is 0 Å². The quantitative estimate of drug-likeness (QED) is 0.256. The van der Waals surface area contributed by atoms with Crippen molar-refractivity contribution in [3.63, 3.8) is 0 Å². The topological polar surface area (TPSA) is 147 Å². The van der Waals surface area contributed by atoms with E-state index in [0.717, 1.165) is 11.1 Å². The second kappa shape index (κ2) is 11.6. The van der Waals surface area contributed by atoms with Gasteiger partial charge in [0.1, 0.15) is 0 Å². The highest BCUT2D eigenvalue weighted by Gasteiger charge is 2.07. The highest BCUT2D eigenvalue weighted by Crippen LogP contribution is 2.09. The summed E-state index contributed by atoms with van der Waals surface area (Å²) in [5.74, 6) is 4.82. The normalized spacial score (nSPS) is 10.7. The van der Waals surface area contributed by atoms with Crippen LogP contribution in [-0.4, -0.2) is 32.5 Å². The van der Waals surface area contributed by atoms with Crippen LogP contribution >= 0.6 is 0 Å². The van der Waals surface area contributed by atoms with Crippen molar-refractivity contribution in [1.82, 2.24) is 5.43 Å². The average Bonchev–Trinajstić information content (AvgIpc) is 2.56. The molecule has 2 aromatic carbocycles. The molecule has 0 heterocycles. The van der Waals surface area contributed by atoms with E-state index >= 15 is 0 Å². The lowest BCUT2D eigenvalue weighted by atomic mass is 10.2. The predicted molar refractivity (Wildman–Crippen MR) is 104 cm³/mol. The monoisotopic (exact) mass is 416 g/mol. The number of hydrazine groups is 1. The molecule has 150 valence electrons. The molecular weight excluding hydrogens is 392 g/mol. The van der Waals surface area contributed by atoms with Gasteiger partial charge < -0.3 is 0 Å². The molecule has 0 saturated carbocycles. The maximum absolute atomic E-state index is 10.5. The van der Waals surface area contributed by atoms with Crippen LogP contribution in [0.2, 0.25) is 0 Å². The van der Waals surface area contributed by atoms with Crippen molar-refractivity contribution in [2.45, 2.75) is 23.6 Å². The van der Waals surface area contributed by atoms with Gasteiger partial charge in [0, 0.05) is 6.54 Å². The molecular formula is C17H24N2O6S2. The number of nitrogens with one attached hydrogen (secondary N) is 1. The first-order valence-corrected chi connectivity index (χ1v) is 10.4. The summed E-state index contributed by atoms with van der Waals surface area (Å²) in [6.45, 7) is 7.77. The molecule has 2 aromatic rings. The van der Waals surface area contributed by atoms with Gasteiger partial charge in [-0.15, -0.1) is 6.58 Å². The van der Waals surface area contributed by atoms with Crippen LogP contribution in [0.1, 0.15) is 11.1 Å². The number of aryl methyl sites for hydroxylation is 2. The van der Waals surface area contributed by atoms with E-state index in [9.17, 15) is 16.8 Å². The van der Waals surface area contributed by atoms with Gasteiger partial charge in [-0.2, -0.15) is 16.8 Å². The molecule has 0 saturated heterocycles. The van der Waals surface area contributed by atoms with Crippen LogP contribution in [0.25, 0.3) is 0 Å². The molecule has 0 spiro atoms. The minimum Gasteiger partial charge on any atom is -0.282 e. The molecule has 0 aliphatic carbocycles. The van der Waals surface area contributed by atoms with E-state index in [-0.39, 0.29) is 9.79 Å². The van der Waals surface area contributed by atoms with Crippen molar-refractivity contribution < 1.29 is 25.9 Å². The van der Waals surface area contributed by atoms with E-state index in [0.29, 0.717) is 6.54 Å². The Bertz CT molecular complexity index is 833. The molecule has 5 N–H and O–H groups in total. The zero-order chi connectivity index (χ0) is 21.1. The van der Waals surface area contributed by atoms with Crippen LogP contribution in [-0.2, 0) is 20.2 Å². The third kappa shape index (κ3) is 11.3. The molecule has 0 aliphatic rings. The summed E-state index contributed by atoms with van der Waals surface area (Å²) in [5.41, 5.74) is 4.31. The van der Waals surface area contributed by atoms with Crippen molar-refractivity contribution in [3.05, 3.63) is 72.3 Å². The van der Waals surface area contributed by atoms with Gasteiger partial charge in [-0.25, -0.2) is 0 Å². The summed E-state index contributed by atoms with van der Waals surface area (Å²) in [5, 5.41) is 0. The second-order valence-electron chi connectivity index (χ2n) is 5.27. The third-order valence-corrected chi connectivity index (χ3v) is 4.64. The summed E-state index contributed by atoms with van der Waals surface area (Å²) in [6, 6.07) is 12.0. The SMILES string of the molecule is C=CCNN.Cc1ccc(S(=O)(=O)O)cc1.Cc1ccc(S(=O)(=O)O)cc1. The number of rotatable bonds is 4. The van der Waals surface area contributed by atoms with E-state index < -0.39 is 20.2 Å². The highest BCUT2D eigenvalue weighted by molar-refractivity contribution is 7.86. The minimum atomic E-state index is -4.02. The lowest BCUT2D eigenvalue weighted by Crippen LogP contribution is -2.20. The first kappa shape index (κ1) is 24.9.